The molecule has 4 atom stereocenters. The van der Waals surface area contributed by atoms with Gasteiger partial charge in [-0.15, -0.1) is 0 Å². The average Bonchev–Trinajstić information content (AvgIpc) is 2.27. The van der Waals surface area contributed by atoms with Crippen LogP contribution < -0.4 is 0 Å². The lowest BCUT2D eigenvalue weighted by Crippen LogP contribution is -2.51. The molecule has 3 nitrogen and oxygen atoms in total. The Labute approximate surface area is 109 Å². The summed E-state index contributed by atoms with van der Waals surface area (Å²) in [4.78, 5) is 11.0. The highest BCUT2D eigenvalue weighted by Crippen LogP contribution is 2.56. The van der Waals surface area contributed by atoms with Crippen molar-refractivity contribution < 1.29 is 15.0 Å². The molecule has 3 heteroatoms. The first-order chi connectivity index (χ1) is 8.26. The number of aliphatic hydroxyl groups is 1. The molecule has 0 aromatic rings. The van der Waals surface area contributed by atoms with E-state index in [9.17, 15) is 9.90 Å². The molecule has 2 fully saturated rings. The normalized spacial score (nSPS) is 44.2. The summed E-state index contributed by atoms with van der Waals surface area (Å²) in [6.45, 7) is 7.88. The van der Waals surface area contributed by atoms with Crippen LogP contribution in [0.15, 0.2) is 12.2 Å². The Balaban J connectivity index is 2.19. The number of carboxylic acids is 1. The zero-order valence-corrected chi connectivity index (χ0v) is 11.4. The van der Waals surface area contributed by atoms with Crippen molar-refractivity contribution >= 4 is 5.97 Å². The van der Waals surface area contributed by atoms with Gasteiger partial charge < -0.3 is 10.2 Å². The lowest BCUT2D eigenvalue weighted by Gasteiger charge is -2.54. The molecule has 18 heavy (non-hydrogen) atoms. The highest BCUT2D eigenvalue weighted by molar-refractivity contribution is 5.86. The smallest absolute Gasteiger partial charge is 0.331 e. The number of fused-ring (bicyclic) bond motifs is 1. The number of aliphatic carboxylic acids is 1. The van der Waals surface area contributed by atoms with Crippen LogP contribution in [0.2, 0.25) is 0 Å². The molecule has 0 unspecified atom stereocenters. The third-order valence-corrected chi connectivity index (χ3v) is 5.37. The van der Waals surface area contributed by atoms with Crippen LogP contribution >= 0.6 is 0 Å². The van der Waals surface area contributed by atoms with E-state index < -0.39 is 11.6 Å². The number of hydrogen-bond acceptors (Lipinski definition) is 2. The summed E-state index contributed by atoms with van der Waals surface area (Å²) in [5.74, 6) is -0.655. The van der Waals surface area contributed by atoms with Gasteiger partial charge in [0.15, 0.2) is 0 Å². The molecule has 0 bridgehead atoms. The Hall–Kier alpha value is -0.830. The van der Waals surface area contributed by atoms with E-state index in [2.05, 4.69) is 13.5 Å². The minimum Gasteiger partial charge on any atom is -0.478 e. The van der Waals surface area contributed by atoms with Crippen molar-refractivity contribution in [1.82, 2.24) is 0 Å². The Morgan fingerprint density at radius 1 is 1.28 bits per heavy atom. The molecule has 0 spiro atoms. The van der Waals surface area contributed by atoms with Crippen LogP contribution in [-0.2, 0) is 4.79 Å². The number of carbonyl (C=O) groups is 1. The fraction of sp³-hybridized carbons (Fsp3) is 0.800. The van der Waals surface area contributed by atoms with Gasteiger partial charge in [0.25, 0.3) is 0 Å². The second kappa shape index (κ2) is 4.37. The Morgan fingerprint density at radius 2 is 1.94 bits per heavy atom. The molecule has 0 heterocycles. The van der Waals surface area contributed by atoms with E-state index in [1.165, 1.54) is 0 Å². The molecule has 0 saturated heterocycles. The number of carboxylic acid groups (broad SMARTS) is 1. The molecule has 0 amide bonds. The van der Waals surface area contributed by atoms with E-state index in [0.717, 1.165) is 38.5 Å². The van der Waals surface area contributed by atoms with Gasteiger partial charge in [0.2, 0.25) is 0 Å². The maximum Gasteiger partial charge on any atom is 0.331 e. The molecular formula is C15H24O3. The topological polar surface area (TPSA) is 57.5 Å². The third-order valence-electron chi connectivity index (χ3n) is 5.37. The van der Waals surface area contributed by atoms with Crippen molar-refractivity contribution in [3.63, 3.8) is 0 Å². The van der Waals surface area contributed by atoms with Crippen LogP contribution in [0.5, 0.6) is 0 Å². The van der Waals surface area contributed by atoms with Gasteiger partial charge in [-0.3, -0.25) is 0 Å². The van der Waals surface area contributed by atoms with Crippen LogP contribution in [0.3, 0.4) is 0 Å². The Bertz CT molecular complexity index is 372. The second-order valence-electron chi connectivity index (χ2n) is 6.72. The Kier molecular flexibility index (Phi) is 3.30. The summed E-state index contributed by atoms with van der Waals surface area (Å²) in [5, 5.41) is 19.7. The molecule has 0 aliphatic heterocycles. The predicted molar refractivity (Wildman–Crippen MR) is 70.2 cm³/mol. The third kappa shape index (κ3) is 2.20. The quantitative estimate of drug-likeness (QED) is 0.743. The summed E-state index contributed by atoms with van der Waals surface area (Å²) in [7, 11) is 0. The van der Waals surface area contributed by atoms with Gasteiger partial charge in [0, 0.05) is 5.57 Å². The van der Waals surface area contributed by atoms with Gasteiger partial charge in [-0.05, 0) is 56.3 Å². The Morgan fingerprint density at radius 3 is 2.56 bits per heavy atom. The number of hydrogen-bond donors (Lipinski definition) is 2. The minimum atomic E-state index is -0.890. The molecule has 102 valence electrons. The van der Waals surface area contributed by atoms with E-state index in [0.29, 0.717) is 5.57 Å². The maximum atomic E-state index is 11.0. The van der Waals surface area contributed by atoms with Crippen molar-refractivity contribution in [3.8, 4) is 0 Å². The number of rotatable bonds is 2. The first kappa shape index (κ1) is 13.6. The lowest BCUT2D eigenvalue weighted by atomic mass is 9.53. The van der Waals surface area contributed by atoms with Gasteiger partial charge >= 0.3 is 5.97 Å². The van der Waals surface area contributed by atoms with Gasteiger partial charge in [0.05, 0.1) is 5.60 Å². The monoisotopic (exact) mass is 252 g/mol. The van der Waals surface area contributed by atoms with E-state index in [1.807, 2.05) is 6.92 Å². The van der Waals surface area contributed by atoms with Gasteiger partial charge in [0.1, 0.15) is 0 Å². The van der Waals surface area contributed by atoms with Gasteiger partial charge in [-0.1, -0.05) is 19.9 Å². The molecule has 0 radical (unpaired) electrons. The van der Waals surface area contributed by atoms with E-state index in [4.69, 9.17) is 5.11 Å². The van der Waals surface area contributed by atoms with Crippen molar-refractivity contribution in [1.29, 1.82) is 0 Å². The van der Waals surface area contributed by atoms with Crippen molar-refractivity contribution in [2.75, 3.05) is 0 Å². The molecule has 2 aliphatic carbocycles. The van der Waals surface area contributed by atoms with E-state index in [-0.39, 0.29) is 17.3 Å². The largest absolute Gasteiger partial charge is 0.478 e. The van der Waals surface area contributed by atoms with Crippen LogP contribution in [0.1, 0.15) is 52.4 Å². The first-order valence-corrected chi connectivity index (χ1v) is 6.91. The fourth-order valence-corrected chi connectivity index (χ4v) is 4.18. The molecule has 2 rings (SSSR count). The minimum absolute atomic E-state index is 0.0325. The second-order valence-corrected chi connectivity index (χ2v) is 6.72. The van der Waals surface area contributed by atoms with Crippen molar-refractivity contribution in [2.24, 2.45) is 17.3 Å². The average molecular weight is 252 g/mol. The summed E-state index contributed by atoms with van der Waals surface area (Å²) >= 11 is 0. The summed E-state index contributed by atoms with van der Waals surface area (Å²) in [5.41, 5.74) is -0.153. The van der Waals surface area contributed by atoms with Gasteiger partial charge in [-0.2, -0.15) is 0 Å². The first-order valence-electron chi connectivity index (χ1n) is 6.91. The lowest BCUT2D eigenvalue weighted by molar-refractivity contribution is -0.137. The maximum absolute atomic E-state index is 11.0. The predicted octanol–water partition coefficient (Wildman–Crippen LogP) is 2.98. The van der Waals surface area contributed by atoms with Crippen molar-refractivity contribution in [3.05, 3.63) is 12.2 Å². The highest BCUT2D eigenvalue weighted by atomic mass is 16.4. The zero-order chi connectivity index (χ0) is 13.6. The van der Waals surface area contributed by atoms with Crippen molar-refractivity contribution in [2.45, 2.75) is 58.0 Å². The summed E-state index contributed by atoms with van der Waals surface area (Å²) in [6, 6.07) is 0. The molecule has 2 N–H and O–H groups in total. The molecular weight excluding hydrogens is 228 g/mol. The molecule has 0 aromatic heterocycles. The highest BCUT2D eigenvalue weighted by Gasteiger charge is 2.51. The molecule has 2 saturated carbocycles. The van der Waals surface area contributed by atoms with Crippen LogP contribution in [0, 0.1) is 17.3 Å². The van der Waals surface area contributed by atoms with E-state index >= 15 is 0 Å². The standard InChI is InChI=1S/C15H24O3/c1-10(13(16)17)11-5-8-14(2)6-4-7-15(3,18)12(14)9-11/h11-12,18H,1,4-9H2,2-3H3,(H,16,17)/t11-,12-,14+,15+/m1/s1. The van der Waals surface area contributed by atoms with E-state index in [1.54, 1.807) is 0 Å². The molecule has 2 aliphatic rings. The summed E-state index contributed by atoms with van der Waals surface area (Å²) < 4.78 is 0. The molecule has 0 aromatic carbocycles. The van der Waals surface area contributed by atoms with Crippen LogP contribution in [0.25, 0.3) is 0 Å². The van der Waals surface area contributed by atoms with Crippen LogP contribution in [0.4, 0.5) is 0 Å². The SMILES string of the molecule is C=C(C(=O)O)[C@@H]1CC[C@]2(C)CCC[C@](C)(O)[C@@H]2C1. The zero-order valence-electron chi connectivity index (χ0n) is 11.4. The fourth-order valence-electron chi connectivity index (χ4n) is 4.18. The summed E-state index contributed by atoms with van der Waals surface area (Å²) in [6.07, 6.45) is 5.73. The van der Waals surface area contributed by atoms with Crippen LogP contribution in [-0.4, -0.2) is 21.8 Å². The van der Waals surface area contributed by atoms with Gasteiger partial charge in [-0.25, -0.2) is 4.79 Å².